The molecule has 0 spiro atoms. The van der Waals surface area contributed by atoms with E-state index in [1.54, 1.807) is 7.11 Å². The van der Waals surface area contributed by atoms with Gasteiger partial charge in [0.2, 0.25) is 0 Å². The molecule has 0 aliphatic carbocycles. The summed E-state index contributed by atoms with van der Waals surface area (Å²) in [4.78, 5) is 0. The number of benzene rings is 1. The Hall–Kier alpha value is -0.740. The molecule has 0 bridgehead atoms. The molecular weight excluding hydrogens is 306 g/mol. The number of ether oxygens (including phenoxy) is 2. The molecular formula is C15H20BrNO2. The third-order valence-electron chi connectivity index (χ3n) is 4.08. The lowest BCUT2D eigenvalue weighted by molar-refractivity contribution is 0.325. The Kier molecular flexibility index (Phi) is 3.99. The zero-order valence-electron chi connectivity index (χ0n) is 11.3. The summed E-state index contributed by atoms with van der Waals surface area (Å²) in [5, 5.41) is 3.48. The minimum Gasteiger partial charge on any atom is -0.493 e. The van der Waals surface area contributed by atoms with Crippen LogP contribution in [-0.2, 0) is 12.8 Å². The van der Waals surface area contributed by atoms with Crippen LogP contribution >= 0.6 is 15.9 Å². The molecule has 0 radical (unpaired) electrons. The van der Waals surface area contributed by atoms with Gasteiger partial charge in [0, 0.05) is 16.5 Å². The zero-order valence-corrected chi connectivity index (χ0v) is 12.9. The molecule has 104 valence electrons. The summed E-state index contributed by atoms with van der Waals surface area (Å²) in [5.74, 6) is 2.55. The van der Waals surface area contributed by atoms with Gasteiger partial charge in [-0.15, -0.1) is 0 Å². The van der Waals surface area contributed by atoms with Gasteiger partial charge in [0.25, 0.3) is 0 Å². The van der Waals surface area contributed by atoms with Crippen molar-refractivity contribution in [2.75, 3.05) is 26.8 Å². The van der Waals surface area contributed by atoms with Gasteiger partial charge in [0.15, 0.2) is 11.5 Å². The van der Waals surface area contributed by atoms with Crippen LogP contribution in [0.3, 0.4) is 0 Å². The molecule has 1 unspecified atom stereocenters. The highest BCUT2D eigenvalue weighted by molar-refractivity contribution is 9.10. The van der Waals surface area contributed by atoms with Crippen molar-refractivity contribution in [1.29, 1.82) is 0 Å². The standard InChI is InChI=1S/C15H20BrNO2/c1-18-13-8-11(7-10-3-2-5-17-9-10)14(16)12-4-6-19-15(12)13/h8,10,17H,2-7,9H2,1H3. The molecule has 1 N–H and O–H groups in total. The molecule has 2 aliphatic heterocycles. The Balaban J connectivity index is 1.88. The average Bonchev–Trinajstić information content (AvgIpc) is 2.93. The van der Waals surface area contributed by atoms with Crippen molar-refractivity contribution in [3.8, 4) is 11.5 Å². The fraction of sp³-hybridized carbons (Fsp3) is 0.600. The van der Waals surface area contributed by atoms with Crippen LogP contribution in [0.2, 0.25) is 0 Å². The highest BCUT2D eigenvalue weighted by atomic mass is 79.9. The summed E-state index contributed by atoms with van der Waals surface area (Å²) in [6, 6.07) is 2.14. The first-order chi connectivity index (χ1) is 9.29. The summed E-state index contributed by atoms with van der Waals surface area (Å²) >= 11 is 3.77. The van der Waals surface area contributed by atoms with E-state index in [0.29, 0.717) is 0 Å². The van der Waals surface area contributed by atoms with Crippen LogP contribution in [0, 0.1) is 5.92 Å². The van der Waals surface area contributed by atoms with Gasteiger partial charge >= 0.3 is 0 Å². The van der Waals surface area contributed by atoms with Crippen LogP contribution in [0.25, 0.3) is 0 Å². The number of rotatable bonds is 3. The van der Waals surface area contributed by atoms with Crippen molar-refractivity contribution >= 4 is 15.9 Å². The molecule has 1 saturated heterocycles. The summed E-state index contributed by atoms with van der Waals surface area (Å²) in [6.07, 6.45) is 4.68. The summed E-state index contributed by atoms with van der Waals surface area (Å²) in [5.41, 5.74) is 2.63. The monoisotopic (exact) mass is 325 g/mol. The first-order valence-electron chi connectivity index (χ1n) is 7.01. The van der Waals surface area contributed by atoms with Gasteiger partial charge < -0.3 is 14.8 Å². The van der Waals surface area contributed by atoms with E-state index >= 15 is 0 Å². The molecule has 3 rings (SSSR count). The number of halogens is 1. The van der Waals surface area contributed by atoms with Gasteiger partial charge in [-0.1, -0.05) is 15.9 Å². The molecule has 1 fully saturated rings. The molecule has 1 aromatic rings. The van der Waals surface area contributed by atoms with Crippen molar-refractivity contribution in [3.63, 3.8) is 0 Å². The molecule has 0 saturated carbocycles. The van der Waals surface area contributed by atoms with Crippen molar-refractivity contribution in [2.45, 2.75) is 25.7 Å². The second-order valence-electron chi connectivity index (χ2n) is 5.37. The average molecular weight is 326 g/mol. The predicted octanol–water partition coefficient (Wildman–Crippen LogP) is 2.93. The summed E-state index contributed by atoms with van der Waals surface area (Å²) in [7, 11) is 1.72. The number of fused-ring (bicyclic) bond motifs is 1. The first-order valence-corrected chi connectivity index (χ1v) is 7.80. The number of hydrogen-bond donors (Lipinski definition) is 1. The van der Waals surface area contributed by atoms with Crippen LogP contribution < -0.4 is 14.8 Å². The van der Waals surface area contributed by atoms with E-state index in [2.05, 4.69) is 27.3 Å². The minimum absolute atomic E-state index is 0.732. The summed E-state index contributed by atoms with van der Waals surface area (Å²) in [6.45, 7) is 3.06. The molecule has 2 heterocycles. The number of methoxy groups -OCH3 is 1. The van der Waals surface area contributed by atoms with Crippen LogP contribution in [0.15, 0.2) is 10.5 Å². The van der Waals surface area contributed by atoms with Gasteiger partial charge in [-0.25, -0.2) is 0 Å². The van der Waals surface area contributed by atoms with Crippen molar-refractivity contribution < 1.29 is 9.47 Å². The Morgan fingerprint density at radius 1 is 1.53 bits per heavy atom. The van der Waals surface area contributed by atoms with Gasteiger partial charge in [-0.3, -0.25) is 0 Å². The van der Waals surface area contributed by atoms with Crippen LogP contribution in [-0.4, -0.2) is 26.8 Å². The minimum atomic E-state index is 0.732. The molecule has 3 nitrogen and oxygen atoms in total. The van der Waals surface area contributed by atoms with Gasteiger partial charge in [0.05, 0.1) is 13.7 Å². The molecule has 4 heteroatoms. The van der Waals surface area contributed by atoms with Crippen LogP contribution in [0.5, 0.6) is 11.5 Å². The maximum absolute atomic E-state index is 5.68. The lowest BCUT2D eigenvalue weighted by atomic mass is 9.91. The fourth-order valence-corrected chi connectivity index (χ4v) is 3.73. The zero-order chi connectivity index (χ0) is 13.2. The second-order valence-corrected chi connectivity index (χ2v) is 6.17. The van der Waals surface area contributed by atoms with Crippen LogP contribution in [0.4, 0.5) is 0 Å². The highest BCUT2D eigenvalue weighted by Crippen LogP contribution is 2.43. The smallest absolute Gasteiger partial charge is 0.165 e. The molecule has 0 amide bonds. The lowest BCUT2D eigenvalue weighted by Crippen LogP contribution is -2.30. The van der Waals surface area contributed by atoms with E-state index in [9.17, 15) is 0 Å². The van der Waals surface area contributed by atoms with E-state index in [1.807, 2.05) is 0 Å². The third-order valence-corrected chi connectivity index (χ3v) is 5.06. The SMILES string of the molecule is COc1cc(CC2CCCNC2)c(Br)c2c1OCC2. The Morgan fingerprint density at radius 3 is 3.16 bits per heavy atom. The number of hydrogen-bond acceptors (Lipinski definition) is 3. The largest absolute Gasteiger partial charge is 0.493 e. The van der Waals surface area contributed by atoms with Gasteiger partial charge in [-0.05, 0) is 49.9 Å². The third kappa shape index (κ3) is 2.61. The lowest BCUT2D eigenvalue weighted by Gasteiger charge is -2.24. The predicted molar refractivity (Wildman–Crippen MR) is 79.2 cm³/mol. The van der Waals surface area contributed by atoms with Crippen molar-refractivity contribution in [3.05, 3.63) is 21.7 Å². The second kappa shape index (κ2) is 5.71. The molecule has 2 aliphatic rings. The van der Waals surface area contributed by atoms with Crippen molar-refractivity contribution in [1.82, 2.24) is 5.32 Å². The van der Waals surface area contributed by atoms with E-state index < -0.39 is 0 Å². The van der Waals surface area contributed by atoms with Gasteiger partial charge in [-0.2, -0.15) is 0 Å². The van der Waals surface area contributed by atoms with E-state index in [0.717, 1.165) is 43.4 Å². The van der Waals surface area contributed by atoms with E-state index in [4.69, 9.17) is 9.47 Å². The normalized spacial score (nSPS) is 21.9. The number of piperidine rings is 1. The topological polar surface area (TPSA) is 30.5 Å². The fourth-order valence-electron chi connectivity index (χ4n) is 3.08. The maximum Gasteiger partial charge on any atom is 0.165 e. The molecule has 1 atom stereocenters. The van der Waals surface area contributed by atoms with E-state index in [1.165, 1.54) is 35.0 Å². The van der Waals surface area contributed by atoms with Gasteiger partial charge in [0.1, 0.15) is 0 Å². The quantitative estimate of drug-likeness (QED) is 0.926. The Morgan fingerprint density at radius 2 is 2.42 bits per heavy atom. The van der Waals surface area contributed by atoms with Crippen molar-refractivity contribution in [2.24, 2.45) is 5.92 Å². The first kappa shape index (κ1) is 13.3. The number of nitrogens with one attached hydrogen (secondary N) is 1. The van der Waals surface area contributed by atoms with Crippen LogP contribution in [0.1, 0.15) is 24.0 Å². The molecule has 1 aromatic carbocycles. The Labute approximate surface area is 122 Å². The Bertz CT molecular complexity index is 470. The summed E-state index contributed by atoms with van der Waals surface area (Å²) < 4.78 is 12.4. The molecule has 0 aromatic heterocycles. The maximum atomic E-state index is 5.68. The molecule has 19 heavy (non-hydrogen) atoms. The van der Waals surface area contributed by atoms with E-state index in [-0.39, 0.29) is 0 Å². The highest BCUT2D eigenvalue weighted by Gasteiger charge is 2.24.